The number of fused-ring (bicyclic) bond motifs is 1. The molecule has 0 spiro atoms. The van der Waals surface area contributed by atoms with Gasteiger partial charge in [0.15, 0.2) is 0 Å². The Balaban J connectivity index is 0.00000133. The molecule has 2 heterocycles. The molecule has 19 heavy (non-hydrogen) atoms. The van der Waals surface area contributed by atoms with E-state index in [2.05, 4.69) is 20.2 Å². The lowest BCUT2D eigenvalue weighted by Crippen LogP contribution is -1.90. The molecule has 3 aromatic rings. The van der Waals surface area contributed by atoms with Gasteiger partial charge in [0.05, 0.1) is 30.6 Å². The molecular formula is C13H13ClN4O. The van der Waals surface area contributed by atoms with Crippen LogP contribution in [0.1, 0.15) is 5.56 Å². The highest BCUT2D eigenvalue weighted by Gasteiger charge is 2.10. The summed E-state index contributed by atoms with van der Waals surface area (Å²) in [5.41, 5.74) is 3.74. The van der Waals surface area contributed by atoms with Crippen LogP contribution in [0.15, 0.2) is 30.6 Å². The highest BCUT2D eigenvalue weighted by atomic mass is 35.5. The molecule has 0 saturated carbocycles. The molecule has 0 aliphatic heterocycles. The molecule has 0 amide bonds. The van der Waals surface area contributed by atoms with Crippen molar-refractivity contribution in [2.75, 3.05) is 7.11 Å². The number of nitrogens with zero attached hydrogens (tertiary/aromatic N) is 3. The standard InChI is InChI=1S/C13H12N4O.ClH/c1-8-3-4-9(12(5-8)18-2)13-16-10-6-14-15-7-11(10)17-13;/h3-7H,1-2H3,(H,16,17);1H. The SMILES string of the molecule is COc1cc(C)ccc1-c1nc2cnncc2[nH]1.Cl. The molecule has 3 rings (SSSR count). The number of rotatable bonds is 2. The molecule has 98 valence electrons. The lowest BCUT2D eigenvalue weighted by atomic mass is 10.1. The van der Waals surface area contributed by atoms with E-state index in [-0.39, 0.29) is 12.4 Å². The molecule has 2 aromatic heterocycles. The normalized spacial score (nSPS) is 10.2. The van der Waals surface area contributed by atoms with Crippen molar-refractivity contribution in [3.8, 4) is 17.1 Å². The van der Waals surface area contributed by atoms with E-state index in [1.54, 1.807) is 19.5 Å². The number of imidazole rings is 1. The number of aryl methyl sites for hydroxylation is 1. The Bertz CT molecular complexity index is 678. The quantitative estimate of drug-likeness (QED) is 0.782. The van der Waals surface area contributed by atoms with Crippen LogP contribution >= 0.6 is 12.4 Å². The molecule has 6 heteroatoms. The summed E-state index contributed by atoms with van der Waals surface area (Å²) in [6, 6.07) is 6.01. The summed E-state index contributed by atoms with van der Waals surface area (Å²) in [4.78, 5) is 7.70. The van der Waals surface area contributed by atoms with Crippen LogP contribution in [-0.4, -0.2) is 27.3 Å². The van der Waals surface area contributed by atoms with Crippen LogP contribution in [-0.2, 0) is 0 Å². The minimum Gasteiger partial charge on any atom is -0.496 e. The summed E-state index contributed by atoms with van der Waals surface area (Å²) in [5.74, 6) is 1.56. The zero-order chi connectivity index (χ0) is 12.5. The van der Waals surface area contributed by atoms with Gasteiger partial charge in [-0.1, -0.05) is 6.07 Å². The Morgan fingerprint density at radius 3 is 2.68 bits per heavy atom. The molecule has 0 aliphatic rings. The fraction of sp³-hybridized carbons (Fsp3) is 0.154. The number of methoxy groups -OCH3 is 1. The molecule has 0 unspecified atom stereocenters. The van der Waals surface area contributed by atoms with Crippen LogP contribution in [0.25, 0.3) is 22.4 Å². The second-order valence-electron chi connectivity index (χ2n) is 4.08. The third-order valence-electron chi connectivity index (χ3n) is 2.81. The van der Waals surface area contributed by atoms with Crippen molar-refractivity contribution in [1.82, 2.24) is 20.2 Å². The third-order valence-corrected chi connectivity index (χ3v) is 2.81. The maximum absolute atomic E-state index is 5.39. The first-order valence-corrected chi connectivity index (χ1v) is 5.59. The van der Waals surface area contributed by atoms with Crippen molar-refractivity contribution in [1.29, 1.82) is 0 Å². The highest BCUT2D eigenvalue weighted by molar-refractivity contribution is 5.85. The van der Waals surface area contributed by atoms with E-state index in [1.807, 2.05) is 25.1 Å². The number of nitrogens with one attached hydrogen (secondary N) is 1. The van der Waals surface area contributed by atoms with E-state index in [0.29, 0.717) is 0 Å². The van der Waals surface area contributed by atoms with E-state index in [0.717, 1.165) is 33.7 Å². The Labute approximate surface area is 116 Å². The van der Waals surface area contributed by atoms with E-state index in [1.165, 1.54) is 0 Å². The van der Waals surface area contributed by atoms with E-state index in [4.69, 9.17) is 4.74 Å². The second kappa shape index (κ2) is 5.24. The number of hydrogen-bond donors (Lipinski definition) is 1. The maximum Gasteiger partial charge on any atom is 0.142 e. The number of aromatic amines is 1. The Hall–Kier alpha value is -2.14. The number of hydrogen-bond acceptors (Lipinski definition) is 4. The van der Waals surface area contributed by atoms with Crippen LogP contribution in [0.2, 0.25) is 0 Å². The van der Waals surface area contributed by atoms with Crippen molar-refractivity contribution in [3.63, 3.8) is 0 Å². The summed E-state index contributed by atoms with van der Waals surface area (Å²) in [6.07, 6.45) is 3.29. The Morgan fingerprint density at radius 1 is 1.16 bits per heavy atom. The van der Waals surface area contributed by atoms with Gasteiger partial charge in [-0.05, 0) is 24.6 Å². The van der Waals surface area contributed by atoms with Crippen molar-refractivity contribution >= 4 is 23.4 Å². The summed E-state index contributed by atoms with van der Waals surface area (Å²) in [7, 11) is 1.66. The van der Waals surface area contributed by atoms with E-state index < -0.39 is 0 Å². The molecular weight excluding hydrogens is 264 g/mol. The molecule has 0 aliphatic carbocycles. The Morgan fingerprint density at radius 2 is 1.95 bits per heavy atom. The van der Waals surface area contributed by atoms with Gasteiger partial charge in [-0.2, -0.15) is 10.2 Å². The summed E-state index contributed by atoms with van der Waals surface area (Å²) in [5, 5.41) is 7.64. The third kappa shape index (κ3) is 2.37. The van der Waals surface area contributed by atoms with Crippen LogP contribution in [0.3, 0.4) is 0 Å². The van der Waals surface area contributed by atoms with Crippen LogP contribution < -0.4 is 4.74 Å². The molecule has 0 fully saturated rings. The van der Waals surface area contributed by atoms with Gasteiger partial charge < -0.3 is 9.72 Å². The predicted octanol–water partition coefficient (Wildman–Crippen LogP) is 2.76. The summed E-state index contributed by atoms with van der Waals surface area (Å²) < 4.78 is 5.39. The average molecular weight is 277 g/mol. The topological polar surface area (TPSA) is 63.7 Å². The van der Waals surface area contributed by atoms with Gasteiger partial charge >= 0.3 is 0 Å². The van der Waals surface area contributed by atoms with Crippen LogP contribution in [0.4, 0.5) is 0 Å². The molecule has 0 atom stereocenters. The summed E-state index contributed by atoms with van der Waals surface area (Å²) >= 11 is 0. The lowest BCUT2D eigenvalue weighted by Gasteiger charge is -2.06. The van der Waals surface area contributed by atoms with Gasteiger partial charge in [0.2, 0.25) is 0 Å². The molecule has 5 nitrogen and oxygen atoms in total. The van der Waals surface area contributed by atoms with Gasteiger partial charge in [0.25, 0.3) is 0 Å². The number of halogens is 1. The van der Waals surface area contributed by atoms with Crippen molar-refractivity contribution in [2.45, 2.75) is 6.92 Å². The van der Waals surface area contributed by atoms with Gasteiger partial charge in [-0.15, -0.1) is 12.4 Å². The van der Waals surface area contributed by atoms with E-state index >= 15 is 0 Å². The first kappa shape index (κ1) is 13.3. The number of aromatic nitrogens is 4. The lowest BCUT2D eigenvalue weighted by molar-refractivity contribution is 0.416. The highest BCUT2D eigenvalue weighted by Crippen LogP contribution is 2.29. The fourth-order valence-corrected chi connectivity index (χ4v) is 1.90. The number of benzene rings is 1. The smallest absolute Gasteiger partial charge is 0.142 e. The van der Waals surface area contributed by atoms with Gasteiger partial charge in [0.1, 0.15) is 17.1 Å². The second-order valence-corrected chi connectivity index (χ2v) is 4.08. The molecule has 0 saturated heterocycles. The van der Waals surface area contributed by atoms with Crippen LogP contribution in [0.5, 0.6) is 5.75 Å². The Kier molecular flexibility index (Phi) is 3.66. The zero-order valence-corrected chi connectivity index (χ0v) is 11.4. The predicted molar refractivity (Wildman–Crippen MR) is 75.7 cm³/mol. The molecule has 1 N–H and O–H groups in total. The number of H-pyrrole nitrogens is 1. The van der Waals surface area contributed by atoms with Gasteiger partial charge in [-0.25, -0.2) is 4.98 Å². The van der Waals surface area contributed by atoms with Crippen molar-refractivity contribution < 1.29 is 4.74 Å². The number of ether oxygens (including phenoxy) is 1. The summed E-state index contributed by atoms with van der Waals surface area (Å²) in [6.45, 7) is 2.03. The first-order valence-electron chi connectivity index (χ1n) is 5.59. The van der Waals surface area contributed by atoms with Gasteiger partial charge in [0, 0.05) is 0 Å². The molecule has 0 bridgehead atoms. The monoisotopic (exact) mass is 276 g/mol. The van der Waals surface area contributed by atoms with Crippen LogP contribution in [0, 0.1) is 6.92 Å². The molecule has 1 aromatic carbocycles. The first-order chi connectivity index (χ1) is 8.78. The average Bonchev–Trinajstić information content (AvgIpc) is 2.82. The van der Waals surface area contributed by atoms with Gasteiger partial charge in [-0.3, -0.25) is 0 Å². The van der Waals surface area contributed by atoms with E-state index in [9.17, 15) is 0 Å². The maximum atomic E-state index is 5.39. The minimum atomic E-state index is 0. The zero-order valence-electron chi connectivity index (χ0n) is 10.5. The van der Waals surface area contributed by atoms with Crippen molar-refractivity contribution in [2.24, 2.45) is 0 Å². The fourth-order valence-electron chi connectivity index (χ4n) is 1.90. The van der Waals surface area contributed by atoms with Crippen molar-refractivity contribution in [3.05, 3.63) is 36.2 Å². The largest absolute Gasteiger partial charge is 0.496 e. The minimum absolute atomic E-state index is 0. The molecule has 0 radical (unpaired) electrons.